The number of para-hydroxylation sites is 1. The number of aryl methyl sites for hydroxylation is 1. The topological polar surface area (TPSA) is 32.3 Å². The van der Waals surface area contributed by atoms with E-state index in [9.17, 15) is 4.79 Å². The Labute approximate surface area is 167 Å². The van der Waals surface area contributed by atoms with Crippen LogP contribution in [-0.4, -0.2) is 30.4 Å². The number of piperidine rings is 1. The lowest BCUT2D eigenvalue weighted by molar-refractivity contribution is -0.116. The first-order valence-electron chi connectivity index (χ1n) is 10.0. The first kappa shape index (κ1) is 19.9. The van der Waals surface area contributed by atoms with E-state index < -0.39 is 0 Å². The largest absolute Gasteiger partial charge is 0.325 e. The summed E-state index contributed by atoms with van der Waals surface area (Å²) < 4.78 is 0. The van der Waals surface area contributed by atoms with Crippen molar-refractivity contribution in [3.8, 4) is 0 Å². The van der Waals surface area contributed by atoms with Gasteiger partial charge >= 0.3 is 0 Å². The molecule has 1 amide bonds. The summed E-state index contributed by atoms with van der Waals surface area (Å²) in [5.74, 6) is 0.723. The molecule has 27 heavy (non-hydrogen) atoms. The third kappa shape index (κ3) is 6.67. The number of hydrogen-bond acceptors (Lipinski definition) is 2. The van der Waals surface area contributed by atoms with E-state index in [1.807, 2.05) is 18.2 Å². The monoisotopic (exact) mass is 384 g/mol. The van der Waals surface area contributed by atoms with Crippen molar-refractivity contribution in [2.75, 3.05) is 25.0 Å². The van der Waals surface area contributed by atoms with Gasteiger partial charge in [-0.2, -0.15) is 0 Å². The lowest BCUT2D eigenvalue weighted by Gasteiger charge is -2.31. The van der Waals surface area contributed by atoms with Crippen molar-refractivity contribution in [1.29, 1.82) is 0 Å². The van der Waals surface area contributed by atoms with E-state index in [2.05, 4.69) is 40.5 Å². The van der Waals surface area contributed by atoms with Crippen molar-refractivity contribution in [2.24, 2.45) is 5.92 Å². The Kier molecular flexibility index (Phi) is 7.73. The molecule has 0 aliphatic carbocycles. The van der Waals surface area contributed by atoms with Crippen LogP contribution in [0.25, 0.3) is 0 Å². The average molecular weight is 385 g/mol. The second-order valence-electron chi connectivity index (χ2n) is 7.44. The van der Waals surface area contributed by atoms with E-state index >= 15 is 0 Å². The van der Waals surface area contributed by atoms with Crippen LogP contribution in [0.3, 0.4) is 0 Å². The van der Waals surface area contributed by atoms with Gasteiger partial charge < -0.3 is 10.2 Å². The predicted octanol–water partition coefficient (Wildman–Crippen LogP) is 5.40. The highest BCUT2D eigenvalue weighted by molar-refractivity contribution is 6.33. The Bertz CT molecular complexity index is 711. The molecule has 1 saturated heterocycles. The Balaban J connectivity index is 1.30. The summed E-state index contributed by atoms with van der Waals surface area (Å²) in [5.41, 5.74) is 2.13. The number of rotatable bonds is 8. The lowest BCUT2D eigenvalue weighted by atomic mass is 9.92. The van der Waals surface area contributed by atoms with Crippen LogP contribution in [0.2, 0.25) is 5.02 Å². The quantitative estimate of drug-likeness (QED) is 0.660. The second kappa shape index (κ2) is 10.5. The highest BCUT2D eigenvalue weighted by Crippen LogP contribution is 2.24. The number of amides is 1. The van der Waals surface area contributed by atoms with E-state index in [0.717, 1.165) is 25.9 Å². The van der Waals surface area contributed by atoms with E-state index in [1.54, 1.807) is 6.07 Å². The summed E-state index contributed by atoms with van der Waals surface area (Å²) in [6.45, 7) is 3.49. The van der Waals surface area contributed by atoms with Crippen LogP contribution < -0.4 is 5.32 Å². The van der Waals surface area contributed by atoms with Gasteiger partial charge in [0, 0.05) is 6.42 Å². The van der Waals surface area contributed by atoms with Crippen molar-refractivity contribution in [3.63, 3.8) is 0 Å². The number of nitrogens with one attached hydrogen (secondary N) is 1. The molecule has 0 aromatic heterocycles. The maximum absolute atomic E-state index is 12.2. The molecule has 1 aliphatic heterocycles. The van der Waals surface area contributed by atoms with Gasteiger partial charge in [0.2, 0.25) is 5.91 Å². The van der Waals surface area contributed by atoms with Crippen LogP contribution in [0, 0.1) is 5.92 Å². The van der Waals surface area contributed by atoms with Crippen LogP contribution in [-0.2, 0) is 11.2 Å². The predicted molar refractivity (Wildman–Crippen MR) is 113 cm³/mol. The summed E-state index contributed by atoms with van der Waals surface area (Å²) in [5, 5.41) is 3.51. The molecule has 3 rings (SSSR count). The van der Waals surface area contributed by atoms with Crippen molar-refractivity contribution in [3.05, 3.63) is 65.2 Å². The molecule has 0 spiro atoms. The number of hydrogen-bond donors (Lipinski definition) is 1. The number of carbonyl (C=O) groups excluding carboxylic acids is 1. The molecule has 1 N–H and O–H groups in total. The minimum Gasteiger partial charge on any atom is -0.325 e. The SMILES string of the molecule is O=C(CCC1CCN(CCCc2ccccc2)CC1)Nc1ccccc1Cl. The lowest BCUT2D eigenvalue weighted by Crippen LogP contribution is -2.34. The number of anilines is 1. The molecule has 0 atom stereocenters. The minimum absolute atomic E-state index is 0.0633. The molecule has 1 fully saturated rings. The highest BCUT2D eigenvalue weighted by Gasteiger charge is 2.19. The summed E-state index contributed by atoms with van der Waals surface area (Å²) in [6, 6.07) is 18.1. The third-order valence-electron chi connectivity index (χ3n) is 5.42. The normalized spacial score (nSPS) is 15.6. The summed E-state index contributed by atoms with van der Waals surface area (Å²) in [4.78, 5) is 14.7. The minimum atomic E-state index is 0.0633. The molecule has 0 bridgehead atoms. The number of carbonyl (C=O) groups is 1. The first-order chi connectivity index (χ1) is 13.2. The number of likely N-dealkylation sites (tertiary alicyclic amines) is 1. The Morgan fingerprint density at radius 2 is 1.74 bits per heavy atom. The Hall–Kier alpha value is -1.84. The fraction of sp³-hybridized carbons (Fsp3) is 0.435. The van der Waals surface area contributed by atoms with E-state index in [1.165, 1.54) is 31.4 Å². The standard InChI is InChI=1S/C23H29ClN2O/c24-21-10-4-5-11-22(21)25-23(27)13-12-20-14-17-26(18-15-20)16-6-9-19-7-2-1-3-8-19/h1-5,7-8,10-11,20H,6,9,12-18H2,(H,25,27). The maximum Gasteiger partial charge on any atom is 0.224 e. The molecule has 1 heterocycles. The summed E-state index contributed by atoms with van der Waals surface area (Å²) >= 11 is 6.09. The molecule has 1 aliphatic rings. The number of nitrogens with zero attached hydrogens (tertiary/aromatic N) is 1. The first-order valence-corrected chi connectivity index (χ1v) is 10.4. The maximum atomic E-state index is 12.2. The molecule has 0 radical (unpaired) electrons. The highest BCUT2D eigenvalue weighted by atomic mass is 35.5. The van der Waals surface area contributed by atoms with Crippen molar-refractivity contribution in [1.82, 2.24) is 4.90 Å². The molecular formula is C23H29ClN2O. The molecule has 0 unspecified atom stereocenters. The van der Waals surface area contributed by atoms with Crippen LogP contribution >= 0.6 is 11.6 Å². The Morgan fingerprint density at radius 1 is 1.04 bits per heavy atom. The molecule has 0 saturated carbocycles. The molecular weight excluding hydrogens is 356 g/mol. The van der Waals surface area contributed by atoms with E-state index in [0.29, 0.717) is 23.0 Å². The van der Waals surface area contributed by atoms with Gasteiger partial charge in [0.05, 0.1) is 10.7 Å². The number of benzene rings is 2. The molecule has 3 nitrogen and oxygen atoms in total. The zero-order chi connectivity index (χ0) is 18.9. The van der Waals surface area contributed by atoms with E-state index in [4.69, 9.17) is 11.6 Å². The molecule has 4 heteroatoms. The van der Waals surface area contributed by atoms with E-state index in [-0.39, 0.29) is 5.91 Å². The second-order valence-corrected chi connectivity index (χ2v) is 7.85. The van der Waals surface area contributed by atoms with Crippen molar-refractivity contribution in [2.45, 2.75) is 38.5 Å². The van der Waals surface area contributed by atoms with Gasteiger partial charge in [-0.05, 0) is 75.4 Å². The van der Waals surface area contributed by atoms with Gasteiger partial charge in [-0.25, -0.2) is 0 Å². The van der Waals surface area contributed by atoms with Crippen molar-refractivity contribution >= 4 is 23.2 Å². The molecule has 2 aromatic rings. The third-order valence-corrected chi connectivity index (χ3v) is 5.75. The fourth-order valence-corrected chi connectivity index (χ4v) is 3.94. The van der Waals surface area contributed by atoms with Gasteiger partial charge in [-0.1, -0.05) is 54.1 Å². The average Bonchev–Trinajstić information content (AvgIpc) is 2.70. The van der Waals surface area contributed by atoms with Crippen LogP contribution in [0.1, 0.15) is 37.7 Å². The van der Waals surface area contributed by atoms with Crippen LogP contribution in [0.4, 0.5) is 5.69 Å². The zero-order valence-corrected chi connectivity index (χ0v) is 16.6. The summed E-state index contributed by atoms with van der Waals surface area (Å²) in [6.07, 6.45) is 6.31. The zero-order valence-electron chi connectivity index (χ0n) is 15.9. The summed E-state index contributed by atoms with van der Waals surface area (Å²) in [7, 11) is 0. The Morgan fingerprint density at radius 3 is 2.48 bits per heavy atom. The van der Waals surface area contributed by atoms with Crippen molar-refractivity contribution < 1.29 is 4.79 Å². The molecule has 144 valence electrons. The van der Waals surface area contributed by atoms with Gasteiger partial charge in [-0.3, -0.25) is 4.79 Å². The number of halogens is 1. The van der Waals surface area contributed by atoms with Crippen LogP contribution in [0.15, 0.2) is 54.6 Å². The van der Waals surface area contributed by atoms with Gasteiger partial charge in [0.15, 0.2) is 0 Å². The molecule has 2 aromatic carbocycles. The van der Waals surface area contributed by atoms with Gasteiger partial charge in [0.1, 0.15) is 0 Å². The van der Waals surface area contributed by atoms with Gasteiger partial charge in [0.25, 0.3) is 0 Å². The van der Waals surface area contributed by atoms with Gasteiger partial charge in [-0.15, -0.1) is 0 Å². The smallest absolute Gasteiger partial charge is 0.224 e. The fourth-order valence-electron chi connectivity index (χ4n) is 3.76. The van der Waals surface area contributed by atoms with Crippen LogP contribution in [0.5, 0.6) is 0 Å².